The van der Waals surface area contributed by atoms with E-state index in [0.29, 0.717) is 0 Å². The van der Waals surface area contributed by atoms with Crippen LogP contribution in [0.15, 0.2) is 30.3 Å². The lowest BCUT2D eigenvalue weighted by Gasteiger charge is -1.86. The van der Waals surface area contributed by atoms with Crippen molar-refractivity contribution in [2.45, 2.75) is 0 Å². The highest BCUT2D eigenvalue weighted by Crippen LogP contribution is 2.08. The van der Waals surface area contributed by atoms with Crippen LogP contribution < -0.4 is 5.30 Å². The number of hydrogen-bond donors (Lipinski definition) is 0. The quantitative estimate of drug-likeness (QED) is 0.420. The molecule has 0 aliphatic rings. The lowest BCUT2D eigenvalue weighted by atomic mass is 10.4. The molecule has 47 valence electrons. The van der Waals surface area contributed by atoms with E-state index in [1.807, 2.05) is 18.2 Å². The summed E-state index contributed by atoms with van der Waals surface area (Å²) < 4.78 is 11.8. The van der Waals surface area contributed by atoms with Gasteiger partial charge < -0.3 is 0 Å². The number of rotatable bonds is 1. The second kappa shape index (κ2) is 4.94. The summed E-state index contributed by atoms with van der Waals surface area (Å²) in [5.41, 5.74) is 0. The minimum atomic E-state index is -0.570. The zero-order chi connectivity index (χ0) is 5.82. The smallest absolute Gasteiger partial charge is 0.146 e. The largest absolute Gasteiger partial charge is 0.225 e. The summed E-state index contributed by atoms with van der Waals surface area (Å²) in [6.07, 6.45) is 0. The van der Waals surface area contributed by atoms with Crippen molar-refractivity contribution in [1.29, 1.82) is 0 Å². The standard InChI is InChI=1S/C6H6FP.Al.2H/c7-8-6-4-2-1-3-5-6;;;/h1-5,8H;;;. The predicted octanol–water partition coefficient (Wildman–Crippen LogP) is 0.959. The molecule has 1 unspecified atom stereocenters. The summed E-state index contributed by atoms with van der Waals surface area (Å²) >= 11 is 0. The molecule has 0 aliphatic carbocycles. The van der Waals surface area contributed by atoms with Gasteiger partial charge in [0, 0.05) is 5.30 Å². The molecule has 0 N–H and O–H groups in total. The van der Waals surface area contributed by atoms with Crippen LogP contribution in [0.5, 0.6) is 0 Å². The van der Waals surface area contributed by atoms with Crippen molar-refractivity contribution < 1.29 is 4.20 Å². The van der Waals surface area contributed by atoms with Gasteiger partial charge in [0.15, 0.2) is 0 Å². The molecule has 9 heavy (non-hydrogen) atoms. The van der Waals surface area contributed by atoms with Gasteiger partial charge in [-0.15, -0.1) is 0 Å². The fourth-order valence-corrected chi connectivity index (χ4v) is 0.820. The summed E-state index contributed by atoms with van der Waals surface area (Å²) in [6.45, 7) is 0. The molecule has 0 bridgehead atoms. The maximum Gasteiger partial charge on any atom is 0.146 e. The maximum absolute atomic E-state index is 11.8. The van der Waals surface area contributed by atoms with Crippen LogP contribution in [0.3, 0.4) is 0 Å². The summed E-state index contributed by atoms with van der Waals surface area (Å²) in [7, 11) is -0.570. The summed E-state index contributed by atoms with van der Waals surface area (Å²) in [5, 5.41) is 0.771. The third-order valence-electron chi connectivity index (χ3n) is 0.883. The van der Waals surface area contributed by atoms with Gasteiger partial charge in [-0.25, -0.2) is 4.20 Å². The van der Waals surface area contributed by atoms with Crippen LogP contribution in [0.25, 0.3) is 0 Å². The minimum Gasteiger partial charge on any atom is -0.225 e. The molecule has 1 aromatic rings. The molecule has 1 atom stereocenters. The summed E-state index contributed by atoms with van der Waals surface area (Å²) in [6, 6.07) is 9.10. The highest BCUT2D eigenvalue weighted by atomic mass is 31.1. The predicted molar refractivity (Wildman–Crippen MR) is 44.0 cm³/mol. The first kappa shape index (κ1) is 9.11. The Balaban J connectivity index is 0.000000640. The molecule has 1 aromatic carbocycles. The molecular weight excluding hydrogens is 149 g/mol. The Morgan fingerprint density at radius 2 is 1.67 bits per heavy atom. The molecule has 1 rings (SSSR count). The summed E-state index contributed by atoms with van der Waals surface area (Å²) in [4.78, 5) is 0. The molecule has 3 heteroatoms. The van der Waals surface area contributed by atoms with E-state index >= 15 is 0 Å². The zero-order valence-corrected chi connectivity index (χ0v) is 8.26. The molecule has 0 saturated carbocycles. The zero-order valence-electron chi connectivity index (χ0n) is 5.26. The average molecular weight is 157 g/mol. The van der Waals surface area contributed by atoms with Crippen molar-refractivity contribution in [1.82, 2.24) is 0 Å². The Morgan fingerprint density at radius 1 is 1.11 bits per heavy atom. The first-order valence-electron chi connectivity index (χ1n) is 2.35. The summed E-state index contributed by atoms with van der Waals surface area (Å²) in [5.74, 6) is 0. The molecule has 0 aliphatic heterocycles. The highest BCUT2D eigenvalue weighted by molar-refractivity contribution is 7.41. The van der Waals surface area contributed by atoms with Crippen molar-refractivity contribution >= 4 is 31.6 Å². The lowest BCUT2D eigenvalue weighted by molar-refractivity contribution is 0.929. The Bertz CT molecular complexity index is 154. The first-order valence-corrected chi connectivity index (χ1v) is 3.23. The van der Waals surface area contributed by atoms with Crippen LogP contribution >= 0.6 is 8.89 Å². The SMILES string of the molecule is FPc1ccccc1.[AlH2]. The van der Waals surface area contributed by atoms with E-state index in [9.17, 15) is 4.20 Å². The van der Waals surface area contributed by atoms with E-state index in [4.69, 9.17) is 0 Å². The Hall–Kier alpha value is 0.112. The molecule has 0 nitrogen and oxygen atoms in total. The molecule has 0 heterocycles. The van der Waals surface area contributed by atoms with Crippen LogP contribution in [0.4, 0.5) is 4.20 Å². The number of hydrogen-bond acceptors (Lipinski definition) is 0. The van der Waals surface area contributed by atoms with Crippen LogP contribution in [-0.4, -0.2) is 17.4 Å². The van der Waals surface area contributed by atoms with Crippen LogP contribution in [-0.2, 0) is 0 Å². The average Bonchev–Trinajstić information content (AvgIpc) is 1.90. The Morgan fingerprint density at radius 3 is 2.00 bits per heavy atom. The first-order chi connectivity index (χ1) is 3.93. The molecule has 0 fully saturated rings. The van der Waals surface area contributed by atoms with Gasteiger partial charge in [0.2, 0.25) is 0 Å². The van der Waals surface area contributed by atoms with E-state index in [1.165, 1.54) is 0 Å². The van der Waals surface area contributed by atoms with Crippen molar-refractivity contribution in [3.05, 3.63) is 30.3 Å². The van der Waals surface area contributed by atoms with E-state index in [-0.39, 0.29) is 17.4 Å². The van der Waals surface area contributed by atoms with E-state index in [1.54, 1.807) is 12.1 Å². The number of benzene rings is 1. The normalized spacial score (nSPS) is 9.44. The molecular formula is C6H8AlFP. The minimum absolute atomic E-state index is 0. The van der Waals surface area contributed by atoms with Gasteiger partial charge in [-0.2, -0.15) is 0 Å². The van der Waals surface area contributed by atoms with E-state index in [2.05, 4.69) is 0 Å². The van der Waals surface area contributed by atoms with Gasteiger partial charge in [-0.3, -0.25) is 0 Å². The third kappa shape index (κ3) is 2.96. The molecule has 0 amide bonds. The van der Waals surface area contributed by atoms with Crippen molar-refractivity contribution in [3.63, 3.8) is 0 Å². The monoisotopic (exact) mass is 157 g/mol. The van der Waals surface area contributed by atoms with Crippen LogP contribution in [0.2, 0.25) is 0 Å². The topological polar surface area (TPSA) is 0 Å². The van der Waals surface area contributed by atoms with Gasteiger partial charge in [0.05, 0.1) is 8.89 Å². The van der Waals surface area contributed by atoms with Gasteiger partial charge in [-0.05, 0) is 0 Å². The lowest BCUT2D eigenvalue weighted by Crippen LogP contribution is -1.86. The van der Waals surface area contributed by atoms with E-state index < -0.39 is 8.89 Å². The second-order valence-corrected chi connectivity index (χ2v) is 2.23. The van der Waals surface area contributed by atoms with Gasteiger partial charge in [0.1, 0.15) is 17.4 Å². The maximum atomic E-state index is 11.8. The number of halogens is 1. The van der Waals surface area contributed by atoms with Crippen molar-refractivity contribution in [3.8, 4) is 0 Å². The van der Waals surface area contributed by atoms with Gasteiger partial charge in [-0.1, -0.05) is 30.3 Å². The second-order valence-electron chi connectivity index (χ2n) is 1.46. The third-order valence-corrected chi connectivity index (χ3v) is 1.43. The van der Waals surface area contributed by atoms with Crippen molar-refractivity contribution in [2.75, 3.05) is 0 Å². The van der Waals surface area contributed by atoms with Gasteiger partial charge >= 0.3 is 0 Å². The molecule has 0 saturated heterocycles. The van der Waals surface area contributed by atoms with Crippen LogP contribution in [0.1, 0.15) is 0 Å². The Labute approximate surface area is 66.5 Å². The molecule has 0 spiro atoms. The van der Waals surface area contributed by atoms with Crippen molar-refractivity contribution in [2.24, 2.45) is 0 Å². The van der Waals surface area contributed by atoms with E-state index in [0.717, 1.165) is 5.30 Å². The van der Waals surface area contributed by atoms with Gasteiger partial charge in [0.25, 0.3) is 0 Å². The fraction of sp³-hybridized carbons (Fsp3) is 0. The van der Waals surface area contributed by atoms with Crippen LogP contribution in [0, 0.1) is 0 Å². The fourth-order valence-electron chi connectivity index (χ4n) is 0.501. The molecule has 1 radical (unpaired) electrons. The Kier molecular flexibility index (Phi) is 5.00. The highest BCUT2D eigenvalue weighted by Gasteiger charge is 1.83. The molecule has 0 aromatic heterocycles.